The summed E-state index contributed by atoms with van der Waals surface area (Å²) in [7, 11) is 1.44. The van der Waals surface area contributed by atoms with Gasteiger partial charge < -0.3 is 9.47 Å². The van der Waals surface area contributed by atoms with Crippen LogP contribution in [0.5, 0.6) is 0 Å². The molecule has 0 aromatic heterocycles. The zero-order valence-corrected chi connectivity index (χ0v) is 11.5. The van der Waals surface area contributed by atoms with E-state index in [2.05, 4.69) is 23.0 Å². The van der Waals surface area contributed by atoms with Gasteiger partial charge in [0, 0.05) is 6.92 Å². The van der Waals surface area contributed by atoms with Crippen molar-refractivity contribution in [2.24, 2.45) is 5.41 Å². The molecule has 0 aliphatic rings. The first kappa shape index (κ1) is 18.1. The van der Waals surface area contributed by atoms with Gasteiger partial charge in [-0.05, 0) is 20.3 Å². The van der Waals surface area contributed by atoms with Crippen molar-refractivity contribution in [3.63, 3.8) is 0 Å². The molecule has 4 nitrogen and oxygen atoms in total. The lowest BCUT2D eigenvalue weighted by Crippen LogP contribution is -2.25. The lowest BCUT2D eigenvalue weighted by Gasteiger charge is -2.20. The molecule has 0 amide bonds. The van der Waals surface area contributed by atoms with Crippen LogP contribution in [0.1, 0.15) is 47.0 Å². The fraction of sp³-hybridized carbons (Fsp3) is 0.692. The van der Waals surface area contributed by atoms with Crippen molar-refractivity contribution in [2.75, 3.05) is 7.11 Å². The highest BCUT2D eigenvalue weighted by Gasteiger charge is 2.27. The van der Waals surface area contributed by atoms with Gasteiger partial charge >= 0.3 is 11.9 Å². The zero-order valence-electron chi connectivity index (χ0n) is 11.5. The van der Waals surface area contributed by atoms with Crippen molar-refractivity contribution in [2.45, 2.75) is 47.0 Å². The molecule has 0 bridgehead atoms. The van der Waals surface area contributed by atoms with Gasteiger partial charge in [-0.25, -0.2) is 0 Å². The molecule has 0 atom stereocenters. The van der Waals surface area contributed by atoms with Crippen LogP contribution in [-0.4, -0.2) is 19.0 Å². The molecule has 0 heterocycles. The number of carbonyl (C=O) groups is 2. The van der Waals surface area contributed by atoms with E-state index in [1.807, 2.05) is 13.8 Å². The summed E-state index contributed by atoms with van der Waals surface area (Å²) in [5.74, 6) is -0.434. The summed E-state index contributed by atoms with van der Waals surface area (Å²) >= 11 is 0. The molecule has 0 aromatic rings. The van der Waals surface area contributed by atoms with Crippen LogP contribution in [0, 0.1) is 5.41 Å². The SMILES string of the molecule is C=COC(C)=O.CCCCC(C)(C)C(=O)OC. The normalized spacial score (nSPS) is 9.71. The summed E-state index contributed by atoms with van der Waals surface area (Å²) in [6, 6.07) is 0. The molecule has 0 aliphatic heterocycles. The monoisotopic (exact) mass is 244 g/mol. The number of carbonyl (C=O) groups excluding carboxylic acids is 2. The molecule has 0 rings (SSSR count). The Labute approximate surface area is 104 Å². The largest absolute Gasteiger partial charge is 0.469 e. The number of rotatable bonds is 5. The number of unbranched alkanes of at least 4 members (excludes halogenated alkanes) is 1. The summed E-state index contributed by atoms with van der Waals surface area (Å²) in [4.78, 5) is 20.9. The van der Waals surface area contributed by atoms with Gasteiger partial charge in [0.15, 0.2) is 0 Å². The Kier molecular flexibility index (Phi) is 10.5. The van der Waals surface area contributed by atoms with E-state index < -0.39 is 0 Å². The van der Waals surface area contributed by atoms with E-state index in [1.54, 1.807) is 0 Å². The predicted molar refractivity (Wildman–Crippen MR) is 67.3 cm³/mol. The third-order valence-electron chi connectivity index (χ3n) is 2.14. The molecule has 0 aliphatic carbocycles. The maximum absolute atomic E-state index is 11.1. The summed E-state index contributed by atoms with van der Waals surface area (Å²) in [6.45, 7) is 10.4. The Morgan fingerprint density at radius 2 is 1.88 bits per heavy atom. The second kappa shape index (κ2) is 9.87. The van der Waals surface area contributed by atoms with Gasteiger partial charge in [-0.3, -0.25) is 9.59 Å². The highest BCUT2D eigenvalue weighted by molar-refractivity contribution is 5.75. The average Bonchev–Trinajstić information content (AvgIpc) is 2.26. The molecule has 0 spiro atoms. The van der Waals surface area contributed by atoms with E-state index in [9.17, 15) is 9.59 Å². The summed E-state index contributed by atoms with van der Waals surface area (Å²) < 4.78 is 8.84. The molecule has 0 saturated carbocycles. The quantitative estimate of drug-likeness (QED) is 0.551. The maximum atomic E-state index is 11.1. The second-order valence-electron chi connectivity index (χ2n) is 4.26. The third kappa shape index (κ3) is 11.0. The Morgan fingerprint density at radius 1 is 1.35 bits per heavy atom. The molecular formula is C13H24O4. The smallest absolute Gasteiger partial charge is 0.311 e. The number of hydrogen-bond donors (Lipinski definition) is 0. The van der Waals surface area contributed by atoms with Crippen molar-refractivity contribution in [1.82, 2.24) is 0 Å². The first-order valence-corrected chi connectivity index (χ1v) is 5.68. The Morgan fingerprint density at radius 3 is 2.12 bits per heavy atom. The zero-order chi connectivity index (χ0) is 13.9. The molecule has 0 aromatic carbocycles. The molecule has 0 fully saturated rings. The van der Waals surface area contributed by atoms with Crippen molar-refractivity contribution in [3.8, 4) is 0 Å². The van der Waals surface area contributed by atoms with Crippen LogP contribution >= 0.6 is 0 Å². The minimum Gasteiger partial charge on any atom is -0.469 e. The van der Waals surface area contributed by atoms with E-state index in [0.717, 1.165) is 25.5 Å². The van der Waals surface area contributed by atoms with Gasteiger partial charge in [0.1, 0.15) is 0 Å². The van der Waals surface area contributed by atoms with Crippen LogP contribution in [0.2, 0.25) is 0 Å². The standard InChI is InChI=1S/C9H18O2.C4H6O2/c1-5-6-7-9(2,3)8(10)11-4;1-3-6-4(2)5/h5-7H2,1-4H3;3H,1H2,2H3. The van der Waals surface area contributed by atoms with Crippen molar-refractivity contribution in [1.29, 1.82) is 0 Å². The molecular weight excluding hydrogens is 220 g/mol. The summed E-state index contributed by atoms with van der Waals surface area (Å²) in [5.41, 5.74) is -0.301. The fourth-order valence-electron chi connectivity index (χ4n) is 1.11. The van der Waals surface area contributed by atoms with Gasteiger partial charge in [-0.15, -0.1) is 0 Å². The molecule has 100 valence electrons. The molecule has 17 heavy (non-hydrogen) atoms. The molecule has 0 unspecified atom stereocenters. The predicted octanol–water partition coefficient (Wildman–Crippen LogP) is 3.07. The first-order valence-electron chi connectivity index (χ1n) is 5.68. The molecule has 0 N–H and O–H groups in total. The van der Waals surface area contributed by atoms with Gasteiger partial charge in [0.2, 0.25) is 0 Å². The van der Waals surface area contributed by atoms with Gasteiger partial charge in [0.05, 0.1) is 18.8 Å². The van der Waals surface area contributed by atoms with Crippen LogP contribution in [0.15, 0.2) is 12.8 Å². The van der Waals surface area contributed by atoms with E-state index in [0.29, 0.717) is 0 Å². The van der Waals surface area contributed by atoms with Crippen molar-refractivity contribution in [3.05, 3.63) is 12.8 Å². The lowest BCUT2D eigenvalue weighted by atomic mass is 9.87. The van der Waals surface area contributed by atoms with E-state index >= 15 is 0 Å². The summed E-state index contributed by atoms with van der Waals surface area (Å²) in [5, 5.41) is 0. The van der Waals surface area contributed by atoms with E-state index in [1.165, 1.54) is 14.0 Å². The third-order valence-corrected chi connectivity index (χ3v) is 2.14. The van der Waals surface area contributed by atoms with Crippen LogP contribution in [0.4, 0.5) is 0 Å². The first-order chi connectivity index (χ1) is 7.81. The van der Waals surface area contributed by atoms with E-state index in [-0.39, 0.29) is 17.4 Å². The molecule has 4 heteroatoms. The highest BCUT2D eigenvalue weighted by Crippen LogP contribution is 2.24. The number of esters is 2. The highest BCUT2D eigenvalue weighted by atomic mass is 16.5. The lowest BCUT2D eigenvalue weighted by molar-refractivity contribution is -0.151. The van der Waals surface area contributed by atoms with Crippen molar-refractivity contribution < 1.29 is 19.1 Å². The average molecular weight is 244 g/mol. The number of methoxy groups -OCH3 is 1. The topological polar surface area (TPSA) is 52.6 Å². The fourth-order valence-corrected chi connectivity index (χ4v) is 1.11. The van der Waals surface area contributed by atoms with Crippen LogP contribution in [0.3, 0.4) is 0 Å². The molecule has 0 saturated heterocycles. The second-order valence-corrected chi connectivity index (χ2v) is 4.26. The van der Waals surface area contributed by atoms with E-state index in [4.69, 9.17) is 0 Å². The van der Waals surface area contributed by atoms with Gasteiger partial charge in [-0.1, -0.05) is 26.3 Å². The minimum atomic E-state index is -0.329. The number of hydrogen-bond acceptors (Lipinski definition) is 4. The Bertz CT molecular complexity index is 244. The Hall–Kier alpha value is -1.32. The Balaban J connectivity index is 0. The van der Waals surface area contributed by atoms with Gasteiger partial charge in [-0.2, -0.15) is 0 Å². The number of ether oxygens (including phenoxy) is 2. The summed E-state index contributed by atoms with van der Waals surface area (Å²) in [6.07, 6.45) is 4.22. The minimum absolute atomic E-state index is 0.106. The van der Waals surface area contributed by atoms with Crippen molar-refractivity contribution >= 4 is 11.9 Å². The van der Waals surface area contributed by atoms with Crippen LogP contribution in [0.25, 0.3) is 0 Å². The van der Waals surface area contributed by atoms with Crippen LogP contribution in [-0.2, 0) is 19.1 Å². The van der Waals surface area contributed by atoms with Gasteiger partial charge in [0.25, 0.3) is 0 Å². The van der Waals surface area contributed by atoms with Crippen LogP contribution < -0.4 is 0 Å². The maximum Gasteiger partial charge on any atom is 0.311 e. The molecule has 0 radical (unpaired) electrons.